The lowest BCUT2D eigenvalue weighted by molar-refractivity contribution is -0.116. The summed E-state index contributed by atoms with van der Waals surface area (Å²) in [6.45, 7) is 0. The zero-order valence-corrected chi connectivity index (χ0v) is 6.15. The van der Waals surface area contributed by atoms with Crippen molar-refractivity contribution in [2.75, 3.05) is 0 Å². The number of allylic oxidation sites excluding steroid dienone is 2. The molecule has 0 aromatic carbocycles. The quantitative estimate of drug-likeness (QED) is 0.499. The number of carbonyl (C=O) groups is 1. The second kappa shape index (κ2) is 2.22. The van der Waals surface area contributed by atoms with Gasteiger partial charge in [0, 0.05) is 6.42 Å². The Balaban J connectivity index is 2.31. The van der Waals surface area contributed by atoms with Crippen molar-refractivity contribution in [1.82, 2.24) is 0 Å². The van der Waals surface area contributed by atoms with Gasteiger partial charge in [-0.25, -0.2) is 0 Å². The Morgan fingerprint density at radius 3 is 2.30 bits per heavy atom. The Morgan fingerprint density at radius 1 is 0.900 bits per heavy atom. The van der Waals surface area contributed by atoms with Crippen LogP contribution in [0.1, 0.15) is 38.5 Å². The lowest BCUT2D eigenvalue weighted by atomic mass is 9.93. The highest BCUT2D eigenvalue weighted by molar-refractivity contribution is 5.97. The van der Waals surface area contributed by atoms with E-state index in [1.807, 2.05) is 0 Å². The van der Waals surface area contributed by atoms with E-state index in [-0.39, 0.29) is 0 Å². The minimum Gasteiger partial charge on any atom is -0.295 e. The van der Waals surface area contributed by atoms with Crippen molar-refractivity contribution in [1.29, 1.82) is 0 Å². The lowest BCUT2D eigenvalue weighted by Crippen LogP contribution is -2.07. The maximum Gasteiger partial charge on any atom is 0.158 e. The van der Waals surface area contributed by atoms with Crippen LogP contribution in [-0.2, 0) is 4.79 Å². The number of hydrogen-bond donors (Lipinski definition) is 0. The number of carbonyl (C=O) groups excluding carboxylic acids is 1. The summed E-state index contributed by atoms with van der Waals surface area (Å²) in [6, 6.07) is 0. The third-order valence-electron chi connectivity index (χ3n) is 2.55. The first-order valence-electron chi connectivity index (χ1n) is 4.12. The van der Waals surface area contributed by atoms with E-state index in [4.69, 9.17) is 0 Å². The molecule has 0 aromatic rings. The zero-order chi connectivity index (χ0) is 6.97. The Morgan fingerprint density at radius 2 is 1.60 bits per heavy atom. The van der Waals surface area contributed by atoms with Gasteiger partial charge in [-0.15, -0.1) is 0 Å². The third-order valence-corrected chi connectivity index (χ3v) is 2.55. The normalized spacial score (nSPS) is 25.4. The van der Waals surface area contributed by atoms with E-state index in [2.05, 4.69) is 0 Å². The molecule has 10 heavy (non-hydrogen) atoms. The SMILES string of the molecule is O=C1CCCC2=C1CCC2. The van der Waals surface area contributed by atoms with E-state index in [0.717, 1.165) is 19.3 Å². The van der Waals surface area contributed by atoms with Crippen molar-refractivity contribution in [2.24, 2.45) is 0 Å². The highest BCUT2D eigenvalue weighted by Crippen LogP contribution is 2.34. The van der Waals surface area contributed by atoms with Crippen LogP contribution in [0, 0.1) is 0 Å². The highest BCUT2D eigenvalue weighted by Gasteiger charge is 2.23. The van der Waals surface area contributed by atoms with Gasteiger partial charge in [0.15, 0.2) is 5.78 Å². The average Bonchev–Trinajstić information content (AvgIpc) is 2.36. The van der Waals surface area contributed by atoms with Crippen LogP contribution in [0.5, 0.6) is 0 Å². The van der Waals surface area contributed by atoms with Crippen LogP contribution < -0.4 is 0 Å². The standard InChI is InChI=1S/C9H12O/c10-9-6-2-4-7-3-1-5-8(7)9/h1-6H2. The summed E-state index contributed by atoms with van der Waals surface area (Å²) < 4.78 is 0. The molecule has 1 nitrogen and oxygen atoms in total. The van der Waals surface area contributed by atoms with Gasteiger partial charge < -0.3 is 0 Å². The van der Waals surface area contributed by atoms with Crippen molar-refractivity contribution >= 4 is 5.78 Å². The lowest BCUT2D eigenvalue weighted by Gasteiger charge is -2.11. The first-order chi connectivity index (χ1) is 4.88. The number of rotatable bonds is 0. The van der Waals surface area contributed by atoms with Crippen molar-refractivity contribution in [3.63, 3.8) is 0 Å². The van der Waals surface area contributed by atoms with Crippen molar-refractivity contribution in [3.05, 3.63) is 11.1 Å². The molecule has 0 fully saturated rings. The van der Waals surface area contributed by atoms with Gasteiger partial charge in [-0.3, -0.25) is 4.79 Å². The van der Waals surface area contributed by atoms with E-state index >= 15 is 0 Å². The van der Waals surface area contributed by atoms with Crippen LogP contribution in [0.3, 0.4) is 0 Å². The molecule has 0 aromatic heterocycles. The van der Waals surface area contributed by atoms with Crippen LogP contribution >= 0.6 is 0 Å². The van der Waals surface area contributed by atoms with Gasteiger partial charge in [0.1, 0.15) is 0 Å². The number of Topliss-reactive ketones (excluding diaryl/α,β-unsaturated/α-hetero) is 1. The summed E-state index contributed by atoms with van der Waals surface area (Å²) in [5.41, 5.74) is 2.68. The fraction of sp³-hybridized carbons (Fsp3) is 0.667. The minimum atomic E-state index is 0.443. The molecule has 2 rings (SSSR count). The number of hydrogen-bond acceptors (Lipinski definition) is 1. The summed E-state index contributed by atoms with van der Waals surface area (Å²) in [7, 11) is 0. The van der Waals surface area contributed by atoms with Crippen molar-refractivity contribution < 1.29 is 4.79 Å². The average molecular weight is 136 g/mol. The largest absolute Gasteiger partial charge is 0.295 e. The van der Waals surface area contributed by atoms with E-state index in [1.165, 1.54) is 30.4 Å². The third kappa shape index (κ3) is 0.808. The fourth-order valence-electron chi connectivity index (χ4n) is 2.03. The van der Waals surface area contributed by atoms with E-state index in [9.17, 15) is 4.79 Å². The van der Waals surface area contributed by atoms with Gasteiger partial charge >= 0.3 is 0 Å². The summed E-state index contributed by atoms with van der Waals surface area (Å²) in [4.78, 5) is 11.2. The first-order valence-corrected chi connectivity index (χ1v) is 4.12. The summed E-state index contributed by atoms with van der Waals surface area (Å²) in [5.74, 6) is 0.443. The number of ketones is 1. The molecule has 0 saturated heterocycles. The van der Waals surface area contributed by atoms with Crippen LogP contribution in [0.2, 0.25) is 0 Å². The fourth-order valence-corrected chi connectivity index (χ4v) is 2.03. The molecule has 0 bridgehead atoms. The molecule has 2 aliphatic carbocycles. The van der Waals surface area contributed by atoms with Crippen molar-refractivity contribution in [3.8, 4) is 0 Å². The predicted octanol–water partition coefficient (Wildman–Crippen LogP) is 2.22. The molecule has 0 radical (unpaired) electrons. The van der Waals surface area contributed by atoms with E-state index in [1.54, 1.807) is 0 Å². The van der Waals surface area contributed by atoms with Gasteiger partial charge in [-0.05, 0) is 37.7 Å². The molecule has 54 valence electrons. The monoisotopic (exact) mass is 136 g/mol. The molecule has 2 aliphatic rings. The molecule has 0 aliphatic heterocycles. The second-order valence-electron chi connectivity index (χ2n) is 3.21. The molecule has 0 heterocycles. The molecule has 1 heteroatoms. The molecule has 0 unspecified atom stereocenters. The Labute approximate surface area is 61.1 Å². The Hall–Kier alpha value is -0.590. The second-order valence-corrected chi connectivity index (χ2v) is 3.21. The molecular formula is C9H12O. The zero-order valence-electron chi connectivity index (χ0n) is 6.15. The van der Waals surface area contributed by atoms with Crippen LogP contribution in [0.4, 0.5) is 0 Å². The summed E-state index contributed by atoms with van der Waals surface area (Å²) >= 11 is 0. The maximum absolute atomic E-state index is 11.2. The smallest absolute Gasteiger partial charge is 0.158 e. The van der Waals surface area contributed by atoms with Gasteiger partial charge in [0.2, 0.25) is 0 Å². The topological polar surface area (TPSA) is 17.1 Å². The highest BCUT2D eigenvalue weighted by atomic mass is 16.1. The van der Waals surface area contributed by atoms with E-state index < -0.39 is 0 Å². The molecule has 0 saturated carbocycles. The predicted molar refractivity (Wildman–Crippen MR) is 39.7 cm³/mol. The molecule has 0 atom stereocenters. The Bertz CT molecular complexity index is 201. The van der Waals surface area contributed by atoms with Gasteiger partial charge in [-0.1, -0.05) is 5.57 Å². The molecule has 0 N–H and O–H groups in total. The van der Waals surface area contributed by atoms with Crippen LogP contribution in [0.15, 0.2) is 11.1 Å². The van der Waals surface area contributed by atoms with Gasteiger partial charge in [0.05, 0.1) is 0 Å². The molecule has 0 amide bonds. The maximum atomic E-state index is 11.2. The van der Waals surface area contributed by atoms with Gasteiger partial charge in [0.25, 0.3) is 0 Å². The summed E-state index contributed by atoms with van der Waals surface area (Å²) in [5, 5.41) is 0. The Kier molecular flexibility index (Phi) is 1.37. The van der Waals surface area contributed by atoms with Crippen LogP contribution in [-0.4, -0.2) is 5.78 Å². The first kappa shape index (κ1) is 6.14. The van der Waals surface area contributed by atoms with E-state index in [0.29, 0.717) is 5.78 Å². The van der Waals surface area contributed by atoms with Crippen molar-refractivity contribution in [2.45, 2.75) is 38.5 Å². The minimum absolute atomic E-state index is 0.443. The molecular weight excluding hydrogens is 124 g/mol. The van der Waals surface area contributed by atoms with Crippen LogP contribution in [0.25, 0.3) is 0 Å². The molecule has 0 spiro atoms. The van der Waals surface area contributed by atoms with Gasteiger partial charge in [-0.2, -0.15) is 0 Å². The summed E-state index contributed by atoms with van der Waals surface area (Å²) in [6.07, 6.45) is 6.66.